The van der Waals surface area contributed by atoms with Crippen molar-refractivity contribution in [1.29, 1.82) is 0 Å². The largest absolute Gasteiger partial charge is 0.480 e. The molecule has 0 spiro atoms. The molecular weight excluding hydrogens is 469 g/mol. The molecule has 4 rings (SSSR count). The molecule has 4 aromatic rings. The molecule has 0 heterocycles. The highest BCUT2D eigenvalue weighted by Crippen LogP contribution is 2.28. The summed E-state index contributed by atoms with van der Waals surface area (Å²) in [5.41, 5.74) is 5.05. The van der Waals surface area contributed by atoms with Gasteiger partial charge in [0.1, 0.15) is 6.04 Å². The Hall–Kier alpha value is -3.60. The van der Waals surface area contributed by atoms with Crippen LogP contribution in [0.15, 0.2) is 97.1 Å². The summed E-state index contributed by atoms with van der Waals surface area (Å²) in [4.78, 5) is 24.5. The average Bonchev–Trinajstić information content (AvgIpc) is 2.86. The predicted molar refractivity (Wildman–Crippen MR) is 136 cm³/mol. The van der Waals surface area contributed by atoms with Crippen molar-refractivity contribution in [2.45, 2.75) is 12.5 Å². The number of amides is 1. The molecule has 1 atom stereocenters. The van der Waals surface area contributed by atoms with Gasteiger partial charge >= 0.3 is 5.97 Å². The number of carbonyl (C=O) groups is 2. The molecule has 4 nitrogen and oxygen atoms in total. The van der Waals surface area contributed by atoms with E-state index in [0.29, 0.717) is 15.6 Å². The lowest BCUT2D eigenvalue weighted by Gasteiger charge is -2.15. The number of benzene rings is 4. The van der Waals surface area contributed by atoms with Crippen molar-refractivity contribution < 1.29 is 14.7 Å². The molecule has 34 heavy (non-hydrogen) atoms. The van der Waals surface area contributed by atoms with E-state index in [9.17, 15) is 14.7 Å². The van der Waals surface area contributed by atoms with Crippen molar-refractivity contribution in [3.8, 4) is 22.3 Å². The second kappa shape index (κ2) is 10.6. The first kappa shape index (κ1) is 23.6. The second-order valence-electron chi connectivity index (χ2n) is 7.84. The van der Waals surface area contributed by atoms with E-state index in [4.69, 9.17) is 23.2 Å². The predicted octanol–water partition coefficient (Wildman–Crippen LogP) is 6.75. The maximum atomic E-state index is 12.7. The highest BCUT2D eigenvalue weighted by molar-refractivity contribution is 6.42. The zero-order valence-corrected chi connectivity index (χ0v) is 19.6. The first-order chi connectivity index (χ1) is 16.4. The van der Waals surface area contributed by atoms with Gasteiger partial charge in [-0.2, -0.15) is 0 Å². The van der Waals surface area contributed by atoms with Crippen LogP contribution in [0.3, 0.4) is 0 Å². The van der Waals surface area contributed by atoms with Crippen LogP contribution < -0.4 is 5.32 Å². The number of rotatable bonds is 7. The Kier molecular flexibility index (Phi) is 7.31. The van der Waals surface area contributed by atoms with Crippen LogP contribution in [-0.2, 0) is 11.2 Å². The van der Waals surface area contributed by atoms with Crippen molar-refractivity contribution in [1.82, 2.24) is 5.32 Å². The molecule has 0 saturated heterocycles. The minimum Gasteiger partial charge on any atom is -0.480 e. The van der Waals surface area contributed by atoms with Gasteiger partial charge in [0.25, 0.3) is 5.91 Å². The fourth-order valence-electron chi connectivity index (χ4n) is 3.63. The molecule has 0 aliphatic rings. The molecule has 0 aromatic heterocycles. The zero-order chi connectivity index (χ0) is 24.1. The minimum absolute atomic E-state index is 0.178. The van der Waals surface area contributed by atoms with Crippen LogP contribution in [0.2, 0.25) is 10.0 Å². The Morgan fingerprint density at radius 1 is 0.706 bits per heavy atom. The molecule has 0 radical (unpaired) electrons. The maximum absolute atomic E-state index is 12.7. The van der Waals surface area contributed by atoms with E-state index in [0.717, 1.165) is 27.8 Å². The lowest BCUT2D eigenvalue weighted by Crippen LogP contribution is -2.42. The SMILES string of the molecule is O=C(N[C@@H](Cc1ccc(-c2ccccc2)cc1)C(=O)O)c1ccc(-c2ccc(Cl)c(Cl)c2)cc1. The van der Waals surface area contributed by atoms with Crippen LogP contribution in [0.25, 0.3) is 22.3 Å². The van der Waals surface area contributed by atoms with Gasteiger partial charge in [-0.05, 0) is 52.1 Å². The first-order valence-electron chi connectivity index (χ1n) is 10.6. The summed E-state index contributed by atoms with van der Waals surface area (Å²) in [6, 6.07) is 28.7. The quantitative estimate of drug-likeness (QED) is 0.301. The number of carboxylic acids is 1. The van der Waals surface area contributed by atoms with E-state index in [1.807, 2.05) is 60.7 Å². The summed E-state index contributed by atoms with van der Waals surface area (Å²) in [5, 5.41) is 13.2. The number of aliphatic carboxylic acids is 1. The second-order valence-corrected chi connectivity index (χ2v) is 8.65. The maximum Gasteiger partial charge on any atom is 0.326 e. The normalized spacial score (nSPS) is 11.6. The smallest absolute Gasteiger partial charge is 0.326 e. The Labute approximate surface area is 207 Å². The molecule has 2 N–H and O–H groups in total. The van der Waals surface area contributed by atoms with Gasteiger partial charge in [0.2, 0.25) is 0 Å². The lowest BCUT2D eigenvalue weighted by atomic mass is 10.00. The fourth-order valence-corrected chi connectivity index (χ4v) is 3.93. The third kappa shape index (κ3) is 5.66. The Balaban J connectivity index is 1.43. The van der Waals surface area contributed by atoms with Crippen LogP contribution in [-0.4, -0.2) is 23.0 Å². The van der Waals surface area contributed by atoms with Gasteiger partial charge in [-0.25, -0.2) is 4.79 Å². The summed E-state index contributed by atoms with van der Waals surface area (Å²) in [7, 11) is 0. The van der Waals surface area contributed by atoms with Crippen LogP contribution >= 0.6 is 23.2 Å². The number of hydrogen-bond donors (Lipinski definition) is 2. The number of hydrogen-bond acceptors (Lipinski definition) is 2. The highest BCUT2D eigenvalue weighted by atomic mass is 35.5. The van der Waals surface area contributed by atoms with Crippen LogP contribution in [0, 0.1) is 0 Å². The van der Waals surface area contributed by atoms with Crippen molar-refractivity contribution in [3.05, 3.63) is 118 Å². The Morgan fingerprint density at radius 3 is 1.88 bits per heavy atom. The Morgan fingerprint density at radius 2 is 1.26 bits per heavy atom. The van der Waals surface area contributed by atoms with Crippen LogP contribution in [0.5, 0.6) is 0 Å². The van der Waals surface area contributed by atoms with E-state index in [-0.39, 0.29) is 6.42 Å². The fraction of sp³-hybridized carbons (Fsp3) is 0.0714. The van der Waals surface area contributed by atoms with Gasteiger partial charge in [0, 0.05) is 12.0 Å². The summed E-state index contributed by atoms with van der Waals surface area (Å²) in [6.07, 6.45) is 0.178. The van der Waals surface area contributed by atoms with Gasteiger partial charge < -0.3 is 10.4 Å². The average molecular weight is 490 g/mol. The van der Waals surface area contributed by atoms with Crippen LogP contribution in [0.4, 0.5) is 0 Å². The third-order valence-electron chi connectivity index (χ3n) is 5.50. The summed E-state index contributed by atoms with van der Waals surface area (Å²) in [5.74, 6) is -1.54. The summed E-state index contributed by atoms with van der Waals surface area (Å²) in [6.45, 7) is 0. The molecule has 6 heteroatoms. The lowest BCUT2D eigenvalue weighted by molar-refractivity contribution is -0.139. The number of carboxylic acid groups (broad SMARTS) is 1. The molecule has 0 saturated carbocycles. The number of nitrogens with one attached hydrogen (secondary N) is 1. The van der Waals surface area contributed by atoms with Crippen molar-refractivity contribution >= 4 is 35.1 Å². The van der Waals surface area contributed by atoms with E-state index in [1.165, 1.54) is 0 Å². The van der Waals surface area contributed by atoms with E-state index in [1.54, 1.807) is 36.4 Å². The molecule has 0 fully saturated rings. The molecular formula is C28H21Cl2NO3. The van der Waals surface area contributed by atoms with E-state index >= 15 is 0 Å². The highest BCUT2D eigenvalue weighted by Gasteiger charge is 2.21. The summed E-state index contributed by atoms with van der Waals surface area (Å²) < 4.78 is 0. The molecule has 4 aromatic carbocycles. The summed E-state index contributed by atoms with van der Waals surface area (Å²) >= 11 is 12.1. The molecule has 0 aliphatic carbocycles. The molecule has 0 aliphatic heterocycles. The molecule has 170 valence electrons. The van der Waals surface area contributed by atoms with Gasteiger partial charge in [-0.1, -0.05) is 96.0 Å². The van der Waals surface area contributed by atoms with Gasteiger partial charge in [0.05, 0.1) is 10.0 Å². The van der Waals surface area contributed by atoms with E-state index < -0.39 is 17.9 Å². The number of halogens is 2. The molecule has 1 amide bonds. The Bertz CT molecular complexity index is 1300. The monoisotopic (exact) mass is 489 g/mol. The topological polar surface area (TPSA) is 66.4 Å². The molecule has 0 unspecified atom stereocenters. The number of carbonyl (C=O) groups excluding carboxylic acids is 1. The van der Waals surface area contributed by atoms with E-state index in [2.05, 4.69) is 5.32 Å². The molecule has 0 bridgehead atoms. The third-order valence-corrected chi connectivity index (χ3v) is 6.24. The zero-order valence-electron chi connectivity index (χ0n) is 18.0. The van der Waals surface area contributed by atoms with Gasteiger partial charge in [0.15, 0.2) is 0 Å². The van der Waals surface area contributed by atoms with Crippen molar-refractivity contribution in [3.63, 3.8) is 0 Å². The van der Waals surface area contributed by atoms with Crippen LogP contribution in [0.1, 0.15) is 15.9 Å². The van der Waals surface area contributed by atoms with Gasteiger partial charge in [-0.3, -0.25) is 4.79 Å². The minimum atomic E-state index is -1.09. The van der Waals surface area contributed by atoms with Crippen molar-refractivity contribution in [2.24, 2.45) is 0 Å². The van der Waals surface area contributed by atoms with Gasteiger partial charge in [-0.15, -0.1) is 0 Å². The first-order valence-corrected chi connectivity index (χ1v) is 11.4. The standard InChI is InChI=1S/C28H21Cl2NO3/c29-24-15-14-23(17-25(24)30)21-10-12-22(13-11-21)27(32)31-26(28(33)34)16-18-6-8-20(9-7-18)19-4-2-1-3-5-19/h1-15,17,26H,16H2,(H,31,32)(H,33,34)/t26-/m0/s1. The van der Waals surface area contributed by atoms with Crippen molar-refractivity contribution in [2.75, 3.05) is 0 Å².